The molecule has 0 saturated carbocycles. The van der Waals surface area contributed by atoms with Gasteiger partial charge in [0.2, 0.25) is 11.8 Å². The molecule has 172 valence electrons. The summed E-state index contributed by atoms with van der Waals surface area (Å²) in [7, 11) is 1.61. The summed E-state index contributed by atoms with van der Waals surface area (Å²) < 4.78 is 49.7. The van der Waals surface area contributed by atoms with E-state index in [1.165, 1.54) is 24.1 Å². The van der Waals surface area contributed by atoms with Gasteiger partial charge in [0, 0.05) is 12.7 Å². The quantitative estimate of drug-likeness (QED) is 0.708. The molecular weight excluding hydrogens is 429 g/mol. The fourth-order valence-corrected chi connectivity index (χ4v) is 3.89. The van der Waals surface area contributed by atoms with Crippen molar-refractivity contribution in [2.45, 2.75) is 32.0 Å². The van der Waals surface area contributed by atoms with Crippen LogP contribution < -0.4 is 20.7 Å². The Labute approximate surface area is 181 Å². The van der Waals surface area contributed by atoms with E-state index in [9.17, 15) is 18.4 Å². The Bertz CT molecular complexity index is 1060. The summed E-state index contributed by atoms with van der Waals surface area (Å²) in [6.07, 6.45) is -1.25. The molecule has 2 aliphatic rings. The molecule has 1 unspecified atom stereocenters. The third-order valence-corrected chi connectivity index (χ3v) is 5.52. The van der Waals surface area contributed by atoms with Crippen LogP contribution in [0.15, 0.2) is 18.3 Å². The molecule has 9 nitrogen and oxygen atoms in total. The van der Waals surface area contributed by atoms with Crippen LogP contribution in [-0.4, -0.2) is 71.5 Å². The van der Waals surface area contributed by atoms with Crippen LogP contribution in [0.4, 0.5) is 24.7 Å². The van der Waals surface area contributed by atoms with Crippen LogP contribution in [0.5, 0.6) is 5.75 Å². The van der Waals surface area contributed by atoms with E-state index in [1.807, 2.05) is 0 Å². The largest absolute Gasteiger partial charge is 0.488 e. The van der Waals surface area contributed by atoms with Crippen molar-refractivity contribution in [2.75, 3.05) is 37.0 Å². The number of aromatic nitrogens is 2. The van der Waals surface area contributed by atoms with Crippen molar-refractivity contribution in [2.24, 2.45) is 5.73 Å². The zero-order valence-corrected chi connectivity index (χ0v) is 17.5. The number of alkyl halides is 2. The second-order valence-corrected chi connectivity index (χ2v) is 7.90. The Kier molecular flexibility index (Phi) is 5.71. The fraction of sp³-hybridized carbons (Fsp3) is 0.450. The van der Waals surface area contributed by atoms with Crippen LogP contribution in [-0.2, 0) is 16.1 Å². The summed E-state index contributed by atoms with van der Waals surface area (Å²) >= 11 is 0. The number of halogens is 3. The van der Waals surface area contributed by atoms with Crippen molar-refractivity contribution in [3.63, 3.8) is 0 Å². The van der Waals surface area contributed by atoms with Gasteiger partial charge in [0.15, 0.2) is 17.4 Å². The predicted octanol–water partition coefficient (Wildman–Crippen LogP) is 1.28. The number of primary amides is 1. The molecule has 0 radical (unpaired) electrons. The van der Waals surface area contributed by atoms with Crippen molar-refractivity contribution in [1.82, 2.24) is 14.5 Å². The SMILES string of the molecule is C[C@H](Nc1ccc2c(c1F)OCCn1cc(N3C(=O)CN(C)CC3C(F)F)nc1-2)C(N)=O. The number of carbonyl (C=O) groups is 2. The molecule has 2 aliphatic heterocycles. The topological polar surface area (TPSA) is 106 Å². The molecular formula is C20H23F3N6O3. The minimum Gasteiger partial charge on any atom is -0.488 e. The number of benzene rings is 1. The standard InChI is InChI=1S/C20H23F3N6O3/c1-10(19(24)31)25-12-4-3-11-17(16(12)21)32-6-5-28-8-14(26-20(11)28)29-13(18(22)23)7-27(2)9-15(29)30/h3-4,8,10,13,18,25H,5-7,9H2,1-2H3,(H2,24,31)/t10-,13?/m0/s1. The molecule has 1 aromatic carbocycles. The monoisotopic (exact) mass is 452 g/mol. The summed E-state index contributed by atoms with van der Waals surface area (Å²) in [6.45, 7) is 1.87. The Morgan fingerprint density at radius 2 is 2.12 bits per heavy atom. The molecule has 4 rings (SSSR count). The Hall–Kier alpha value is -3.28. The van der Waals surface area contributed by atoms with Gasteiger partial charge in [-0.3, -0.25) is 19.4 Å². The van der Waals surface area contributed by atoms with Crippen molar-refractivity contribution < 1.29 is 27.5 Å². The van der Waals surface area contributed by atoms with Crippen LogP contribution in [0.1, 0.15) is 6.92 Å². The predicted molar refractivity (Wildman–Crippen MR) is 110 cm³/mol. The van der Waals surface area contributed by atoms with E-state index in [-0.39, 0.29) is 43.5 Å². The Morgan fingerprint density at radius 3 is 2.81 bits per heavy atom. The first-order valence-electron chi connectivity index (χ1n) is 10.0. The third-order valence-electron chi connectivity index (χ3n) is 5.52. The van der Waals surface area contributed by atoms with Crippen molar-refractivity contribution >= 4 is 23.3 Å². The number of anilines is 2. The van der Waals surface area contributed by atoms with E-state index in [2.05, 4.69) is 10.3 Å². The zero-order chi connectivity index (χ0) is 23.2. The minimum atomic E-state index is -2.75. The van der Waals surface area contributed by atoms with Gasteiger partial charge in [0.1, 0.15) is 24.5 Å². The van der Waals surface area contributed by atoms with E-state index >= 15 is 4.39 Å². The molecule has 12 heteroatoms. The number of nitrogens with two attached hydrogens (primary N) is 1. The number of imidazole rings is 1. The van der Waals surface area contributed by atoms with Gasteiger partial charge in [0.25, 0.3) is 6.43 Å². The minimum absolute atomic E-state index is 0.00695. The number of amides is 2. The number of carbonyl (C=O) groups excluding carboxylic acids is 2. The number of rotatable bonds is 5. The second-order valence-electron chi connectivity index (χ2n) is 7.90. The highest BCUT2D eigenvalue weighted by Gasteiger charge is 2.39. The molecule has 3 heterocycles. The third kappa shape index (κ3) is 3.85. The lowest BCUT2D eigenvalue weighted by atomic mass is 10.1. The average molecular weight is 452 g/mol. The first-order chi connectivity index (χ1) is 15.2. The van der Waals surface area contributed by atoms with E-state index in [4.69, 9.17) is 10.5 Å². The molecule has 2 atom stereocenters. The maximum Gasteiger partial charge on any atom is 0.260 e. The lowest BCUT2D eigenvalue weighted by Crippen LogP contribution is -2.58. The number of hydrogen-bond acceptors (Lipinski definition) is 6. The van der Waals surface area contributed by atoms with Crippen molar-refractivity contribution in [3.8, 4) is 17.1 Å². The number of ether oxygens (including phenoxy) is 1. The molecule has 0 aliphatic carbocycles. The number of nitrogens with one attached hydrogen (secondary N) is 1. The summed E-state index contributed by atoms with van der Waals surface area (Å²) in [5.74, 6) is -1.57. The van der Waals surface area contributed by atoms with Crippen LogP contribution in [0.25, 0.3) is 11.4 Å². The maximum absolute atomic E-state index is 15.1. The fourth-order valence-electron chi connectivity index (χ4n) is 3.89. The smallest absolute Gasteiger partial charge is 0.260 e. The molecule has 0 spiro atoms. The van der Waals surface area contributed by atoms with Gasteiger partial charge in [-0.2, -0.15) is 0 Å². The molecule has 1 aromatic heterocycles. The molecule has 0 bridgehead atoms. The molecule has 2 aromatic rings. The van der Waals surface area contributed by atoms with Gasteiger partial charge in [0.05, 0.1) is 24.3 Å². The molecule has 1 fully saturated rings. The molecule has 32 heavy (non-hydrogen) atoms. The van der Waals surface area contributed by atoms with Gasteiger partial charge < -0.3 is 20.4 Å². The van der Waals surface area contributed by atoms with E-state index in [1.54, 1.807) is 17.7 Å². The normalized spacial score (nSPS) is 19.8. The van der Waals surface area contributed by atoms with Gasteiger partial charge in [-0.1, -0.05) is 0 Å². The molecule has 2 amide bonds. The average Bonchev–Trinajstić information content (AvgIpc) is 3.05. The lowest BCUT2D eigenvalue weighted by Gasteiger charge is -2.37. The number of piperazine rings is 1. The summed E-state index contributed by atoms with van der Waals surface area (Å²) in [4.78, 5) is 30.9. The maximum atomic E-state index is 15.1. The van der Waals surface area contributed by atoms with Crippen LogP contribution in [0.2, 0.25) is 0 Å². The number of likely N-dealkylation sites (N-methyl/N-ethyl adjacent to an activating group) is 1. The van der Waals surface area contributed by atoms with E-state index < -0.39 is 36.1 Å². The summed E-state index contributed by atoms with van der Waals surface area (Å²) in [6, 6.07) is 0.828. The van der Waals surface area contributed by atoms with Gasteiger partial charge in [-0.05, 0) is 26.1 Å². The molecule has 1 saturated heterocycles. The highest BCUT2D eigenvalue weighted by Crippen LogP contribution is 2.39. The van der Waals surface area contributed by atoms with Gasteiger partial charge in [-0.25, -0.2) is 18.2 Å². The summed E-state index contributed by atoms with van der Waals surface area (Å²) in [5, 5.41) is 2.69. The highest BCUT2D eigenvalue weighted by molar-refractivity contribution is 5.95. The first kappa shape index (κ1) is 21.9. The van der Waals surface area contributed by atoms with Crippen molar-refractivity contribution in [3.05, 3.63) is 24.1 Å². The number of nitrogens with zero attached hydrogens (tertiary/aromatic N) is 4. The van der Waals surface area contributed by atoms with E-state index in [0.717, 1.165) is 4.90 Å². The summed E-state index contributed by atoms with van der Waals surface area (Å²) in [5.41, 5.74) is 5.56. The lowest BCUT2D eigenvalue weighted by molar-refractivity contribution is -0.123. The Balaban J connectivity index is 1.73. The van der Waals surface area contributed by atoms with E-state index in [0.29, 0.717) is 11.4 Å². The van der Waals surface area contributed by atoms with Gasteiger partial charge in [-0.15, -0.1) is 0 Å². The highest BCUT2D eigenvalue weighted by atomic mass is 19.3. The van der Waals surface area contributed by atoms with Gasteiger partial charge >= 0.3 is 0 Å². The first-order valence-corrected chi connectivity index (χ1v) is 10.0. The van der Waals surface area contributed by atoms with Crippen LogP contribution in [0, 0.1) is 5.82 Å². The Morgan fingerprint density at radius 1 is 1.38 bits per heavy atom. The number of fused-ring (bicyclic) bond motifs is 3. The second kappa shape index (κ2) is 8.34. The van der Waals surface area contributed by atoms with Crippen LogP contribution >= 0.6 is 0 Å². The number of hydrogen-bond donors (Lipinski definition) is 2. The van der Waals surface area contributed by atoms with Crippen molar-refractivity contribution in [1.29, 1.82) is 0 Å². The molecule has 3 N–H and O–H groups in total. The van der Waals surface area contributed by atoms with Crippen LogP contribution in [0.3, 0.4) is 0 Å². The zero-order valence-electron chi connectivity index (χ0n) is 17.5.